The summed E-state index contributed by atoms with van der Waals surface area (Å²) in [5.74, 6) is -1.63. The summed E-state index contributed by atoms with van der Waals surface area (Å²) in [5.41, 5.74) is 2.90. The second-order valence-electron chi connectivity index (χ2n) is 9.21. The van der Waals surface area contributed by atoms with Gasteiger partial charge in [-0.05, 0) is 59.2 Å². The minimum absolute atomic E-state index is 0.0597. The van der Waals surface area contributed by atoms with E-state index < -0.39 is 30.0 Å². The summed E-state index contributed by atoms with van der Waals surface area (Å²) in [7, 11) is 0. The molecule has 4 aromatic rings. The Bertz CT molecular complexity index is 1410. The van der Waals surface area contributed by atoms with Crippen molar-refractivity contribution in [3.8, 4) is 22.6 Å². The third kappa shape index (κ3) is 4.79. The molecule has 1 saturated heterocycles. The molecule has 0 aromatic heterocycles. The maximum Gasteiger partial charge on any atom is 0.235 e. The van der Waals surface area contributed by atoms with Gasteiger partial charge in [-0.2, -0.15) is 0 Å². The predicted octanol–water partition coefficient (Wildman–Crippen LogP) is 5.09. The first-order valence-electron chi connectivity index (χ1n) is 12.0. The number of carbonyl (C=O) groups is 1. The van der Waals surface area contributed by atoms with Crippen LogP contribution in [0, 0.1) is 11.7 Å². The van der Waals surface area contributed by atoms with E-state index in [2.05, 4.69) is 0 Å². The van der Waals surface area contributed by atoms with Crippen LogP contribution in [0.15, 0.2) is 97.1 Å². The molecule has 4 N–H and O–H groups in total. The normalized spacial score (nSPS) is 18.8. The molecule has 1 amide bonds. The Balaban J connectivity index is 1.47. The van der Waals surface area contributed by atoms with Crippen LogP contribution in [0.5, 0.6) is 11.5 Å². The van der Waals surface area contributed by atoms with Crippen molar-refractivity contribution in [3.05, 3.63) is 114 Å². The lowest BCUT2D eigenvalue weighted by Crippen LogP contribution is -2.59. The van der Waals surface area contributed by atoms with Gasteiger partial charge < -0.3 is 25.3 Å². The number of carbonyl (C=O) groups excluding carboxylic acids is 1. The number of phenols is 2. The summed E-state index contributed by atoms with van der Waals surface area (Å²) in [6, 6.07) is 25.3. The van der Waals surface area contributed by atoms with Gasteiger partial charge in [0.25, 0.3) is 0 Å². The van der Waals surface area contributed by atoms with Crippen molar-refractivity contribution < 1.29 is 29.6 Å². The van der Waals surface area contributed by atoms with Gasteiger partial charge in [-0.3, -0.25) is 4.79 Å². The molecule has 1 aliphatic heterocycles. The molecule has 4 aromatic carbocycles. The number of nitrogens with zero attached hydrogens (tertiary/aromatic N) is 1. The van der Waals surface area contributed by atoms with Gasteiger partial charge in [0.1, 0.15) is 17.3 Å². The number of benzene rings is 4. The molecule has 0 spiro atoms. The summed E-state index contributed by atoms with van der Waals surface area (Å²) >= 11 is 0. The van der Waals surface area contributed by atoms with Crippen molar-refractivity contribution in [3.63, 3.8) is 0 Å². The third-order valence-corrected chi connectivity index (χ3v) is 6.84. The van der Waals surface area contributed by atoms with E-state index >= 15 is 0 Å². The highest BCUT2D eigenvalue weighted by molar-refractivity contribution is 6.04. The monoisotopic (exact) mass is 499 g/mol. The van der Waals surface area contributed by atoms with Crippen LogP contribution in [0.3, 0.4) is 0 Å². The number of aliphatic hydroxyl groups excluding tert-OH is 2. The molecule has 0 radical (unpaired) electrons. The minimum atomic E-state index is -1.22. The molecule has 188 valence electrons. The number of aromatic hydroxyl groups is 2. The second-order valence-corrected chi connectivity index (χ2v) is 9.21. The van der Waals surface area contributed by atoms with Gasteiger partial charge in [0.2, 0.25) is 5.91 Å². The Hall–Kier alpha value is -4.20. The lowest BCUT2D eigenvalue weighted by molar-refractivity contribution is -0.137. The number of halogens is 1. The molecule has 0 aliphatic carbocycles. The zero-order chi connectivity index (χ0) is 26.1. The molecule has 37 heavy (non-hydrogen) atoms. The molecule has 1 heterocycles. The number of amides is 1. The number of hydrogen-bond donors (Lipinski definition) is 4. The Labute approximate surface area is 213 Å². The average molecular weight is 500 g/mol. The molecular weight excluding hydrogens is 473 g/mol. The minimum Gasteiger partial charge on any atom is -0.508 e. The zero-order valence-corrected chi connectivity index (χ0v) is 19.8. The first-order chi connectivity index (χ1) is 17.8. The fourth-order valence-electron chi connectivity index (χ4n) is 4.95. The summed E-state index contributed by atoms with van der Waals surface area (Å²) in [6.45, 7) is 0. The molecule has 6 nitrogen and oxygen atoms in total. The number of rotatable bonds is 7. The van der Waals surface area contributed by atoms with E-state index in [1.54, 1.807) is 66.7 Å². The van der Waals surface area contributed by atoms with Crippen LogP contribution < -0.4 is 4.90 Å². The van der Waals surface area contributed by atoms with Crippen molar-refractivity contribution in [2.24, 2.45) is 5.92 Å². The summed E-state index contributed by atoms with van der Waals surface area (Å²) in [6.07, 6.45) is -2.46. The van der Waals surface area contributed by atoms with E-state index in [1.807, 2.05) is 6.07 Å². The zero-order valence-electron chi connectivity index (χ0n) is 19.8. The van der Waals surface area contributed by atoms with Crippen LogP contribution in [0.4, 0.5) is 10.1 Å². The second kappa shape index (κ2) is 10.0. The third-order valence-electron chi connectivity index (χ3n) is 6.84. The molecule has 0 bridgehead atoms. The van der Waals surface area contributed by atoms with Crippen molar-refractivity contribution in [2.45, 2.75) is 24.7 Å². The van der Waals surface area contributed by atoms with E-state index in [9.17, 15) is 29.6 Å². The smallest absolute Gasteiger partial charge is 0.235 e. The van der Waals surface area contributed by atoms with E-state index in [0.29, 0.717) is 27.9 Å². The number of phenolic OH excluding ortho intramolecular Hbond substituents is 2. The number of aliphatic hydroxyl groups is 2. The van der Waals surface area contributed by atoms with Crippen molar-refractivity contribution in [1.82, 2.24) is 0 Å². The van der Waals surface area contributed by atoms with Gasteiger partial charge in [-0.15, -0.1) is 0 Å². The van der Waals surface area contributed by atoms with Crippen LogP contribution in [0.25, 0.3) is 11.1 Å². The highest BCUT2D eigenvalue weighted by atomic mass is 19.1. The molecule has 4 atom stereocenters. The molecule has 1 fully saturated rings. The van der Waals surface area contributed by atoms with E-state index in [4.69, 9.17) is 0 Å². The maximum atomic E-state index is 13.3. The van der Waals surface area contributed by atoms with E-state index in [0.717, 1.165) is 0 Å². The Kier molecular flexibility index (Phi) is 6.65. The van der Waals surface area contributed by atoms with E-state index in [1.165, 1.54) is 29.2 Å². The topological polar surface area (TPSA) is 101 Å². The molecule has 7 heteroatoms. The first-order valence-corrected chi connectivity index (χ1v) is 12.0. The summed E-state index contributed by atoms with van der Waals surface area (Å²) in [5, 5.41) is 42.6. The van der Waals surface area contributed by atoms with Crippen LogP contribution in [-0.4, -0.2) is 32.4 Å². The maximum absolute atomic E-state index is 13.3. The first kappa shape index (κ1) is 24.5. The predicted molar refractivity (Wildman–Crippen MR) is 137 cm³/mol. The Morgan fingerprint density at radius 1 is 0.811 bits per heavy atom. The fourth-order valence-corrected chi connectivity index (χ4v) is 4.95. The number of β-lactam (4-membered cyclic amide) rings is 1. The van der Waals surface area contributed by atoms with Crippen molar-refractivity contribution >= 4 is 11.6 Å². The van der Waals surface area contributed by atoms with Crippen LogP contribution in [0.2, 0.25) is 0 Å². The standard InChI is InChI=1S/C30H26FNO5/c31-21-12-9-18(10-13-21)25(34)17-27(36)28-29(32(30(28)37)22-6-2-1-3-7-22)24-14-11-20(16-26(24)35)19-5-4-8-23(33)15-19/h1-16,25,27-29,33-36H,17H2. The van der Waals surface area contributed by atoms with Crippen LogP contribution in [-0.2, 0) is 4.79 Å². The fraction of sp³-hybridized carbons (Fsp3) is 0.167. The quantitative estimate of drug-likeness (QED) is 0.265. The lowest BCUT2D eigenvalue weighted by atomic mass is 9.76. The molecule has 0 saturated carbocycles. The van der Waals surface area contributed by atoms with Gasteiger partial charge in [-0.25, -0.2) is 4.39 Å². The van der Waals surface area contributed by atoms with Gasteiger partial charge >= 0.3 is 0 Å². The van der Waals surface area contributed by atoms with Gasteiger partial charge in [0.15, 0.2) is 0 Å². The largest absolute Gasteiger partial charge is 0.508 e. The molecule has 5 rings (SSSR count). The number of para-hydroxylation sites is 1. The lowest BCUT2D eigenvalue weighted by Gasteiger charge is -2.49. The van der Waals surface area contributed by atoms with Gasteiger partial charge in [0.05, 0.1) is 24.2 Å². The average Bonchev–Trinajstić information content (AvgIpc) is 2.88. The highest BCUT2D eigenvalue weighted by Gasteiger charge is 2.53. The molecular formula is C30H26FNO5. The summed E-state index contributed by atoms with van der Waals surface area (Å²) in [4.78, 5) is 14.8. The Morgan fingerprint density at radius 2 is 1.51 bits per heavy atom. The van der Waals surface area contributed by atoms with Crippen molar-refractivity contribution in [1.29, 1.82) is 0 Å². The molecule has 1 aliphatic rings. The summed E-state index contributed by atoms with van der Waals surface area (Å²) < 4.78 is 13.3. The molecule has 4 unspecified atom stereocenters. The van der Waals surface area contributed by atoms with Gasteiger partial charge in [-0.1, -0.05) is 54.6 Å². The van der Waals surface area contributed by atoms with Crippen LogP contribution >= 0.6 is 0 Å². The van der Waals surface area contributed by atoms with Gasteiger partial charge in [0, 0.05) is 17.7 Å². The SMILES string of the molecule is O=C1C(C(O)CC(O)c2ccc(F)cc2)C(c2ccc(-c3cccc(O)c3)cc2O)N1c1ccccc1. The highest BCUT2D eigenvalue weighted by Crippen LogP contribution is 2.49. The number of hydrogen-bond acceptors (Lipinski definition) is 5. The van der Waals surface area contributed by atoms with Crippen LogP contribution in [0.1, 0.15) is 29.7 Å². The van der Waals surface area contributed by atoms with Crippen molar-refractivity contribution in [2.75, 3.05) is 4.90 Å². The number of anilines is 1. The van der Waals surface area contributed by atoms with E-state index in [-0.39, 0.29) is 23.8 Å². The Morgan fingerprint density at radius 3 is 2.19 bits per heavy atom.